The van der Waals surface area contributed by atoms with Crippen molar-refractivity contribution in [2.45, 2.75) is 38.8 Å². The second kappa shape index (κ2) is 5.19. The summed E-state index contributed by atoms with van der Waals surface area (Å²) in [5.74, 6) is 6.76. The molecule has 1 aromatic heterocycles. The van der Waals surface area contributed by atoms with Crippen LogP contribution in [-0.2, 0) is 0 Å². The molecule has 2 N–H and O–H groups in total. The van der Waals surface area contributed by atoms with Crippen LogP contribution < -0.4 is 10.6 Å². The fraction of sp³-hybridized carbons (Fsp3) is 0.545. The lowest BCUT2D eigenvalue weighted by atomic mass is 10.3. The van der Waals surface area contributed by atoms with Crippen molar-refractivity contribution in [3.8, 4) is 11.8 Å². The van der Waals surface area contributed by atoms with Gasteiger partial charge in [-0.25, -0.2) is 0 Å². The molecular formula is C11H14ClN5. The highest BCUT2D eigenvalue weighted by atomic mass is 35.5. The molecule has 0 aromatic carbocycles. The van der Waals surface area contributed by atoms with Crippen molar-refractivity contribution in [2.75, 3.05) is 10.6 Å². The third-order valence-corrected chi connectivity index (χ3v) is 2.39. The Morgan fingerprint density at radius 3 is 2.65 bits per heavy atom. The Morgan fingerprint density at radius 2 is 2.00 bits per heavy atom. The molecule has 1 fully saturated rings. The molecule has 1 saturated carbocycles. The molecule has 0 aliphatic heterocycles. The summed E-state index contributed by atoms with van der Waals surface area (Å²) in [7, 11) is 0. The zero-order valence-electron chi connectivity index (χ0n) is 9.79. The molecule has 1 aliphatic carbocycles. The van der Waals surface area contributed by atoms with E-state index in [0.717, 1.165) is 12.8 Å². The van der Waals surface area contributed by atoms with E-state index in [-0.39, 0.29) is 11.3 Å². The van der Waals surface area contributed by atoms with Crippen LogP contribution >= 0.6 is 11.6 Å². The maximum atomic E-state index is 5.84. The Hall–Kier alpha value is -1.54. The van der Waals surface area contributed by atoms with E-state index in [2.05, 4.69) is 37.4 Å². The van der Waals surface area contributed by atoms with Crippen molar-refractivity contribution in [3.63, 3.8) is 0 Å². The second-order valence-corrected chi connectivity index (χ2v) is 4.27. The summed E-state index contributed by atoms with van der Waals surface area (Å²) < 4.78 is 0. The standard InChI is InChI=1S/C11H14ClN5/c1-3-4-7(2)13-10-15-9(12)16-11(17-10)14-8-5-6-8/h7-8H,5-6H2,1-2H3,(H2,13,14,15,16,17). The lowest BCUT2D eigenvalue weighted by molar-refractivity contribution is 0.945. The minimum Gasteiger partial charge on any atom is -0.351 e. The van der Waals surface area contributed by atoms with Crippen LogP contribution in [0, 0.1) is 11.8 Å². The van der Waals surface area contributed by atoms with Crippen molar-refractivity contribution in [1.82, 2.24) is 15.0 Å². The average molecular weight is 252 g/mol. The molecule has 1 atom stereocenters. The van der Waals surface area contributed by atoms with E-state index >= 15 is 0 Å². The summed E-state index contributed by atoms with van der Waals surface area (Å²) in [5.41, 5.74) is 0. The minimum atomic E-state index is -0.0211. The SMILES string of the molecule is CC#CC(C)Nc1nc(Cl)nc(NC2CC2)n1. The fourth-order valence-corrected chi connectivity index (χ4v) is 1.50. The molecular weight excluding hydrogens is 238 g/mol. The molecule has 6 heteroatoms. The molecule has 17 heavy (non-hydrogen) atoms. The first-order valence-electron chi connectivity index (χ1n) is 5.54. The van der Waals surface area contributed by atoms with E-state index in [9.17, 15) is 0 Å². The van der Waals surface area contributed by atoms with Gasteiger partial charge < -0.3 is 10.6 Å². The van der Waals surface area contributed by atoms with Crippen LogP contribution in [0.1, 0.15) is 26.7 Å². The Bertz CT molecular complexity index is 461. The summed E-state index contributed by atoms with van der Waals surface area (Å²) in [6, 6.07) is 0.460. The van der Waals surface area contributed by atoms with Crippen LogP contribution in [0.15, 0.2) is 0 Å². The lowest BCUT2D eigenvalue weighted by Crippen LogP contribution is -2.16. The predicted octanol–water partition coefficient (Wildman–Crippen LogP) is 1.92. The number of nitrogens with zero attached hydrogens (tertiary/aromatic N) is 3. The molecule has 0 bridgehead atoms. The van der Waals surface area contributed by atoms with Crippen LogP contribution in [0.5, 0.6) is 0 Å². The molecule has 1 aliphatic rings. The minimum absolute atomic E-state index is 0.0211. The van der Waals surface area contributed by atoms with E-state index in [0.29, 0.717) is 17.9 Å². The van der Waals surface area contributed by atoms with E-state index in [1.807, 2.05) is 6.92 Å². The van der Waals surface area contributed by atoms with Crippen molar-refractivity contribution < 1.29 is 0 Å². The Morgan fingerprint density at radius 1 is 1.29 bits per heavy atom. The number of anilines is 2. The van der Waals surface area contributed by atoms with Gasteiger partial charge in [0.1, 0.15) is 0 Å². The number of hydrogen-bond acceptors (Lipinski definition) is 5. The number of halogens is 1. The summed E-state index contributed by atoms with van der Waals surface area (Å²) in [4.78, 5) is 12.3. The van der Waals surface area contributed by atoms with Crippen LogP contribution in [0.4, 0.5) is 11.9 Å². The Labute approximate surface area is 105 Å². The van der Waals surface area contributed by atoms with Gasteiger partial charge in [-0.1, -0.05) is 5.92 Å². The normalized spacial score (nSPS) is 15.7. The largest absolute Gasteiger partial charge is 0.351 e. The van der Waals surface area contributed by atoms with E-state index in [4.69, 9.17) is 11.6 Å². The third kappa shape index (κ3) is 3.75. The van der Waals surface area contributed by atoms with Gasteiger partial charge in [0, 0.05) is 6.04 Å². The highest BCUT2D eigenvalue weighted by Crippen LogP contribution is 2.23. The van der Waals surface area contributed by atoms with Crippen molar-refractivity contribution in [3.05, 3.63) is 5.28 Å². The molecule has 1 unspecified atom stereocenters. The van der Waals surface area contributed by atoms with Gasteiger partial charge in [-0.3, -0.25) is 0 Å². The molecule has 0 amide bonds. The Balaban J connectivity index is 2.08. The molecule has 0 saturated heterocycles. The van der Waals surface area contributed by atoms with Gasteiger partial charge >= 0.3 is 0 Å². The maximum Gasteiger partial charge on any atom is 0.229 e. The first-order chi connectivity index (χ1) is 8.17. The van der Waals surface area contributed by atoms with Gasteiger partial charge in [-0.2, -0.15) is 15.0 Å². The second-order valence-electron chi connectivity index (χ2n) is 3.93. The zero-order chi connectivity index (χ0) is 12.3. The topological polar surface area (TPSA) is 62.7 Å². The summed E-state index contributed by atoms with van der Waals surface area (Å²) >= 11 is 5.84. The monoisotopic (exact) mass is 251 g/mol. The average Bonchev–Trinajstić information content (AvgIpc) is 3.00. The van der Waals surface area contributed by atoms with Gasteiger partial charge in [0.2, 0.25) is 17.2 Å². The van der Waals surface area contributed by atoms with E-state index < -0.39 is 0 Å². The molecule has 2 rings (SSSR count). The van der Waals surface area contributed by atoms with Gasteiger partial charge in [-0.05, 0) is 38.3 Å². The van der Waals surface area contributed by atoms with Gasteiger partial charge in [0.05, 0.1) is 6.04 Å². The molecule has 5 nitrogen and oxygen atoms in total. The smallest absolute Gasteiger partial charge is 0.229 e. The van der Waals surface area contributed by atoms with Gasteiger partial charge in [0.15, 0.2) is 0 Å². The summed E-state index contributed by atoms with van der Waals surface area (Å²) in [6.07, 6.45) is 2.31. The van der Waals surface area contributed by atoms with Crippen LogP contribution in [0.3, 0.4) is 0 Å². The lowest BCUT2D eigenvalue weighted by Gasteiger charge is -2.09. The van der Waals surface area contributed by atoms with Gasteiger partial charge in [-0.15, -0.1) is 5.92 Å². The number of nitrogens with one attached hydrogen (secondary N) is 2. The molecule has 0 spiro atoms. The quantitative estimate of drug-likeness (QED) is 0.801. The van der Waals surface area contributed by atoms with Crippen molar-refractivity contribution >= 4 is 23.5 Å². The first-order valence-corrected chi connectivity index (χ1v) is 5.92. The molecule has 0 radical (unpaired) electrons. The van der Waals surface area contributed by atoms with Crippen LogP contribution in [0.2, 0.25) is 5.28 Å². The zero-order valence-corrected chi connectivity index (χ0v) is 10.5. The van der Waals surface area contributed by atoms with Crippen molar-refractivity contribution in [1.29, 1.82) is 0 Å². The summed E-state index contributed by atoms with van der Waals surface area (Å²) in [5, 5.41) is 6.42. The maximum absolute atomic E-state index is 5.84. The number of aromatic nitrogens is 3. The summed E-state index contributed by atoms with van der Waals surface area (Å²) in [6.45, 7) is 3.72. The number of rotatable bonds is 4. The fourth-order valence-electron chi connectivity index (χ4n) is 1.34. The third-order valence-electron chi connectivity index (χ3n) is 2.23. The number of hydrogen-bond donors (Lipinski definition) is 2. The van der Waals surface area contributed by atoms with E-state index in [1.165, 1.54) is 0 Å². The highest BCUT2D eigenvalue weighted by Gasteiger charge is 2.22. The van der Waals surface area contributed by atoms with Gasteiger partial charge in [0.25, 0.3) is 0 Å². The molecule has 1 aromatic rings. The molecule has 1 heterocycles. The van der Waals surface area contributed by atoms with Crippen LogP contribution in [0.25, 0.3) is 0 Å². The van der Waals surface area contributed by atoms with Crippen molar-refractivity contribution in [2.24, 2.45) is 0 Å². The first kappa shape index (κ1) is 11.9. The highest BCUT2D eigenvalue weighted by molar-refractivity contribution is 6.28. The molecule has 90 valence electrons. The van der Waals surface area contributed by atoms with E-state index in [1.54, 1.807) is 6.92 Å². The Kier molecular flexibility index (Phi) is 3.64. The predicted molar refractivity (Wildman–Crippen MR) is 68.0 cm³/mol. The van der Waals surface area contributed by atoms with Crippen LogP contribution in [-0.4, -0.2) is 27.0 Å².